The Morgan fingerprint density at radius 3 is 3.05 bits per heavy atom. The maximum Gasteiger partial charge on any atom is 0.244 e. The van der Waals surface area contributed by atoms with Gasteiger partial charge in [-0.15, -0.1) is 0 Å². The molecule has 0 unspecified atom stereocenters. The van der Waals surface area contributed by atoms with Crippen molar-refractivity contribution in [1.82, 2.24) is 20.3 Å². The van der Waals surface area contributed by atoms with E-state index in [1.807, 2.05) is 0 Å². The second-order valence-corrected chi connectivity index (χ2v) is 4.54. The molecule has 3 rings (SSSR count). The molecular weight excluding hydrogens is 272 g/mol. The molecule has 3 aromatic heterocycles. The van der Waals surface area contributed by atoms with Crippen LogP contribution in [0.3, 0.4) is 0 Å². The summed E-state index contributed by atoms with van der Waals surface area (Å²) in [5.41, 5.74) is 0.627. The van der Waals surface area contributed by atoms with Crippen molar-refractivity contribution in [3.8, 4) is 11.5 Å². The number of furan rings is 1. The quantitative estimate of drug-likeness (QED) is 0.775. The normalized spacial score (nSPS) is 12.2. The summed E-state index contributed by atoms with van der Waals surface area (Å²) < 4.78 is 12.0. The standard InChI is InChI=1S/C14H14N4O3/c1-10(18-6-3-5-16-18)14(19)15-9-11-8-13(21-17-11)12-4-2-7-20-12/h2-8,10H,9H2,1H3,(H,15,19)/t10-/m1/s1. The molecular formula is C14H14N4O3. The number of rotatable bonds is 5. The molecule has 3 heterocycles. The largest absolute Gasteiger partial charge is 0.461 e. The fourth-order valence-electron chi connectivity index (χ4n) is 1.89. The average molecular weight is 286 g/mol. The molecule has 0 aromatic carbocycles. The predicted molar refractivity (Wildman–Crippen MR) is 73.0 cm³/mol. The van der Waals surface area contributed by atoms with E-state index in [1.54, 1.807) is 54.5 Å². The van der Waals surface area contributed by atoms with E-state index in [2.05, 4.69) is 15.6 Å². The molecule has 1 amide bonds. The lowest BCUT2D eigenvalue weighted by atomic mass is 10.3. The van der Waals surface area contributed by atoms with Gasteiger partial charge in [-0.25, -0.2) is 0 Å². The SMILES string of the molecule is C[C@H](C(=O)NCc1cc(-c2ccco2)on1)n1cccn1. The number of carbonyl (C=O) groups excluding carboxylic acids is 1. The number of hydrogen-bond donors (Lipinski definition) is 1. The highest BCUT2D eigenvalue weighted by atomic mass is 16.5. The van der Waals surface area contributed by atoms with Crippen LogP contribution < -0.4 is 5.32 Å². The van der Waals surface area contributed by atoms with Crippen molar-refractivity contribution >= 4 is 5.91 Å². The highest BCUT2D eigenvalue weighted by molar-refractivity contribution is 5.79. The molecule has 0 radical (unpaired) electrons. The van der Waals surface area contributed by atoms with Crippen molar-refractivity contribution in [1.29, 1.82) is 0 Å². The lowest BCUT2D eigenvalue weighted by Crippen LogP contribution is -2.30. The first-order valence-corrected chi connectivity index (χ1v) is 6.50. The van der Waals surface area contributed by atoms with Gasteiger partial charge in [-0.2, -0.15) is 5.10 Å². The minimum Gasteiger partial charge on any atom is -0.461 e. The van der Waals surface area contributed by atoms with Gasteiger partial charge in [0.05, 0.1) is 12.8 Å². The third kappa shape index (κ3) is 2.86. The molecule has 3 aromatic rings. The summed E-state index contributed by atoms with van der Waals surface area (Å²) in [7, 11) is 0. The Bertz CT molecular complexity index is 701. The van der Waals surface area contributed by atoms with E-state index in [9.17, 15) is 4.79 Å². The molecule has 1 atom stereocenters. The van der Waals surface area contributed by atoms with Crippen LogP contribution in [0.25, 0.3) is 11.5 Å². The smallest absolute Gasteiger partial charge is 0.244 e. The molecule has 0 aliphatic heterocycles. The van der Waals surface area contributed by atoms with Gasteiger partial charge >= 0.3 is 0 Å². The summed E-state index contributed by atoms with van der Waals surface area (Å²) in [5, 5.41) is 10.7. The van der Waals surface area contributed by atoms with Gasteiger partial charge in [0.2, 0.25) is 11.7 Å². The molecule has 0 saturated carbocycles. The van der Waals surface area contributed by atoms with E-state index >= 15 is 0 Å². The predicted octanol–water partition coefficient (Wildman–Crippen LogP) is 2.01. The second kappa shape index (κ2) is 5.66. The third-order valence-electron chi connectivity index (χ3n) is 3.07. The minimum atomic E-state index is -0.378. The molecule has 1 N–H and O–H groups in total. The van der Waals surface area contributed by atoms with Crippen LogP contribution in [-0.2, 0) is 11.3 Å². The molecule has 0 aliphatic rings. The van der Waals surface area contributed by atoms with Gasteiger partial charge in [0.15, 0.2) is 5.76 Å². The van der Waals surface area contributed by atoms with Crippen molar-refractivity contribution in [2.75, 3.05) is 0 Å². The monoisotopic (exact) mass is 286 g/mol. The Balaban J connectivity index is 1.59. The Morgan fingerprint density at radius 1 is 1.43 bits per heavy atom. The third-order valence-corrected chi connectivity index (χ3v) is 3.07. The minimum absolute atomic E-state index is 0.138. The first-order valence-electron chi connectivity index (χ1n) is 6.50. The van der Waals surface area contributed by atoms with Crippen molar-refractivity contribution in [3.63, 3.8) is 0 Å². The van der Waals surface area contributed by atoms with Gasteiger partial charge in [0.25, 0.3) is 0 Å². The molecule has 21 heavy (non-hydrogen) atoms. The topological polar surface area (TPSA) is 86.1 Å². The van der Waals surface area contributed by atoms with E-state index in [1.165, 1.54) is 0 Å². The van der Waals surface area contributed by atoms with Crippen LogP contribution in [0.1, 0.15) is 18.7 Å². The molecule has 0 saturated heterocycles. The molecule has 7 nitrogen and oxygen atoms in total. The average Bonchev–Trinajstić information content (AvgIpc) is 3.25. The maximum atomic E-state index is 12.0. The van der Waals surface area contributed by atoms with E-state index in [4.69, 9.17) is 8.94 Å². The number of carbonyl (C=O) groups is 1. The Morgan fingerprint density at radius 2 is 2.33 bits per heavy atom. The fraction of sp³-hybridized carbons (Fsp3) is 0.214. The summed E-state index contributed by atoms with van der Waals surface area (Å²) in [6.45, 7) is 2.06. The molecule has 108 valence electrons. The summed E-state index contributed by atoms with van der Waals surface area (Å²) in [5.74, 6) is 0.996. The highest BCUT2D eigenvalue weighted by Gasteiger charge is 2.15. The number of hydrogen-bond acceptors (Lipinski definition) is 5. The summed E-state index contributed by atoms with van der Waals surface area (Å²) in [6.07, 6.45) is 4.94. The Kier molecular flexibility index (Phi) is 3.55. The van der Waals surface area contributed by atoms with Crippen LogP contribution in [-0.4, -0.2) is 20.8 Å². The highest BCUT2D eigenvalue weighted by Crippen LogP contribution is 2.20. The van der Waals surface area contributed by atoms with Gasteiger partial charge in [-0.05, 0) is 25.1 Å². The molecule has 0 spiro atoms. The van der Waals surface area contributed by atoms with E-state index in [0.29, 0.717) is 17.2 Å². The van der Waals surface area contributed by atoms with Crippen molar-refractivity contribution in [2.24, 2.45) is 0 Å². The van der Waals surface area contributed by atoms with Crippen LogP contribution in [0.4, 0.5) is 0 Å². The van der Waals surface area contributed by atoms with Crippen molar-refractivity contribution < 1.29 is 13.7 Å². The van der Waals surface area contributed by atoms with Crippen LogP contribution in [0.5, 0.6) is 0 Å². The lowest BCUT2D eigenvalue weighted by Gasteiger charge is -2.11. The van der Waals surface area contributed by atoms with E-state index < -0.39 is 0 Å². The Labute approximate surface area is 120 Å². The zero-order valence-corrected chi connectivity index (χ0v) is 11.4. The zero-order chi connectivity index (χ0) is 14.7. The van der Waals surface area contributed by atoms with E-state index in [0.717, 1.165) is 0 Å². The van der Waals surface area contributed by atoms with Crippen LogP contribution >= 0.6 is 0 Å². The fourth-order valence-corrected chi connectivity index (χ4v) is 1.89. The summed E-state index contributed by atoms with van der Waals surface area (Å²) in [6, 6.07) is 6.68. The molecule has 0 aliphatic carbocycles. The van der Waals surface area contributed by atoms with E-state index in [-0.39, 0.29) is 18.5 Å². The Hall–Kier alpha value is -2.83. The maximum absolute atomic E-state index is 12.0. The first kappa shape index (κ1) is 13.2. The molecule has 0 bridgehead atoms. The van der Waals surface area contributed by atoms with Crippen LogP contribution in [0.2, 0.25) is 0 Å². The summed E-state index contributed by atoms with van der Waals surface area (Å²) in [4.78, 5) is 12.0. The number of nitrogens with one attached hydrogen (secondary N) is 1. The summed E-state index contributed by atoms with van der Waals surface area (Å²) >= 11 is 0. The lowest BCUT2D eigenvalue weighted by molar-refractivity contribution is -0.124. The van der Waals surface area contributed by atoms with Crippen molar-refractivity contribution in [3.05, 3.63) is 48.6 Å². The number of aromatic nitrogens is 3. The van der Waals surface area contributed by atoms with Gasteiger partial charge < -0.3 is 14.3 Å². The molecule has 7 heteroatoms. The van der Waals surface area contributed by atoms with Crippen molar-refractivity contribution in [2.45, 2.75) is 19.5 Å². The van der Waals surface area contributed by atoms with Gasteiger partial charge in [0, 0.05) is 18.5 Å². The van der Waals surface area contributed by atoms with Gasteiger partial charge in [0.1, 0.15) is 11.7 Å². The van der Waals surface area contributed by atoms with Gasteiger partial charge in [-0.1, -0.05) is 5.16 Å². The number of nitrogens with zero attached hydrogens (tertiary/aromatic N) is 3. The zero-order valence-electron chi connectivity index (χ0n) is 11.4. The first-order chi connectivity index (χ1) is 10.2. The number of amides is 1. The van der Waals surface area contributed by atoms with Gasteiger partial charge in [-0.3, -0.25) is 9.48 Å². The van der Waals surface area contributed by atoms with Crippen LogP contribution in [0.15, 0.2) is 51.9 Å². The van der Waals surface area contributed by atoms with Crippen LogP contribution in [0, 0.1) is 0 Å². The molecule has 0 fully saturated rings. The second-order valence-electron chi connectivity index (χ2n) is 4.54.